The first-order chi connectivity index (χ1) is 3.41. The third-order valence-electron chi connectivity index (χ3n) is 0.532. The maximum atomic E-state index is 9.42. The first kappa shape index (κ1) is 16.7. The Bertz CT molecular complexity index is 55.8. The van der Waals surface area contributed by atoms with Crippen molar-refractivity contribution in [3.63, 3.8) is 0 Å². The van der Waals surface area contributed by atoms with Crippen LogP contribution in [0.15, 0.2) is 0 Å². The summed E-state index contributed by atoms with van der Waals surface area (Å²) in [6.45, 7) is 0.688. The predicted octanol–water partition coefficient (Wildman–Crippen LogP) is -0.0419. The normalized spacial score (nSPS) is 6.33. The maximum absolute atomic E-state index is 9.42. The van der Waals surface area contributed by atoms with E-state index < -0.39 is 0 Å². The Morgan fingerprint density at radius 2 is 2.00 bits per heavy atom. The van der Waals surface area contributed by atoms with Crippen LogP contribution in [0.3, 0.4) is 0 Å². The molecule has 1 amide bonds. The van der Waals surface area contributed by atoms with Crippen molar-refractivity contribution in [1.29, 1.82) is 0 Å². The van der Waals surface area contributed by atoms with E-state index in [1.54, 1.807) is 6.41 Å². The average molecular weight is 486 g/mol. The number of thiol groups is 1. The number of hydrogen-bond donors (Lipinski definition) is 2. The Labute approximate surface area is 89.5 Å². The molecule has 0 aromatic rings. The molecule has 54 valence electrons. The Morgan fingerprint density at radius 3 is 2.33 bits per heavy atom. The van der Waals surface area contributed by atoms with Gasteiger partial charge < -0.3 is 10.1 Å². The van der Waals surface area contributed by atoms with Crippen molar-refractivity contribution in [2.45, 2.75) is 6.42 Å². The van der Waals surface area contributed by atoms with Gasteiger partial charge in [-0.05, 0) is 18.7 Å². The van der Waals surface area contributed by atoms with Crippen LogP contribution in [-0.4, -0.2) is 18.7 Å². The molecule has 0 aliphatic rings. The second-order valence-electron chi connectivity index (χ2n) is 1.11. The summed E-state index contributed by atoms with van der Waals surface area (Å²) in [7, 11) is 0. The summed E-state index contributed by atoms with van der Waals surface area (Å²) in [5, 5.41) is 2.39. The second-order valence-corrected chi connectivity index (χ2v) is 1.55. The molecule has 0 aromatic carbocycles. The van der Waals surface area contributed by atoms with Crippen LogP contribution in [0.2, 0.25) is 0 Å². The summed E-state index contributed by atoms with van der Waals surface area (Å²) in [6.07, 6.45) is 2.48. The molecule has 0 aliphatic carbocycles. The van der Waals surface area contributed by atoms with E-state index >= 15 is 0 Å². The van der Waals surface area contributed by atoms with Gasteiger partial charge in [-0.3, -0.25) is 0 Å². The van der Waals surface area contributed by atoms with Crippen LogP contribution in [-0.2, 0) is 46.9 Å². The number of rotatable bonds is 4. The molecule has 0 spiro atoms. The zero-order valence-electron chi connectivity index (χ0n) is 4.79. The summed E-state index contributed by atoms with van der Waals surface area (Å²) in [5.41, 5.74) is 0. The fraction of sp³-hybridized carbons (Fsp3) is 0.750. The summed E-state index contributed by atoms with van der Waals surface area (Å²) >= 11 is 3.92. The molecule has 0 saturated heterocycles. The number of carbonyl (C=O) groups excluding carboxylic acids is 1. The minimum absolute atomic E-state index is 0. The molecule has 5 heteroatoms. The van der Waals surface area contributed by atoms with E-state index in [2.05, 4.69) is 17.9 Å². The molecule has 0 radical (unpaired) electrons. The second kappa shape index (κ2) is 16.1. The van der Waals surface area contributed by atoms with E-state index in [1.807, 2.05) is 0 Å². The molecule has 0 unspecified atom stereocenters. The van der Waals surface area contributed by atoms with Crippen LogP contribution in [0.1, 0.15) is 6.42 Å². The van der Waals surface area contributed by atoms with Crippen LogP contribution in [0.5, 0.6) is 0 Å². The van der Waals surface area contributed by atoms with Gasteiger partial charge >= 0.3 is 0 Å². The maximum Gasteiger partial charge on any atom is 0 e. The Balaban J connectivity index is -0.000000180. The van der Waals surface area contributed by atoms with E-state index in [-0.39, 0.29) is 42.1 Å². The van der Waals surface area contributed by atoms with Gasteiger partial charge in [-0.2, -0.15) is 19.0 Å². The van der Waals surface area contributed by atoms with Crippen molar-refractivity contribution in [2.24, 2.45) is 0 Å². The molecule has 9 heavy (non-hydrogen) atoms. The average Bonchev–Trinajstić information content (AvgIpc) is 1.69. The van der Waals surface area contributed by atoms with Gasteiger partial charge in [-0.1, -0.05) is 0 Å². The first-order valence-corrected chi connectivity index (χ1v) is 2.76. The molecule has 0 bridgehead atoms. The molecule has 0 aliphatic heterocycles. The summed E-state index contributed by atoms with van der Waals surface area (Å²) in [5.74, 6) is 0.814. The number of amides is 1. The number of nitrogens with one attached hydrogen (secondary N) is 1. The summed E-state index contributed by atoms with van der Waals surface area (Å²) in [4.78, 5) is 9.42. The van der Waals surface area contributed by atoms with E-state index in [0.717, 1.165) is 12.2 Å². The van der Waals surface area contributed by atoms with Gasteiger partial charge in [0.2, 0.25) is 0 Å². The van der Waals surface area contributed by atoms with E-state index in [4.69, 9.17) is 0 Å². The molecule has 0 atom stereocenters. The minimum Gasteiger partial charge on any atom is -0.530 e. The Morgan fingerprint density at radius 1 is 1.44 bits per heavy atom. The fourth-order valence-electron chi connectivity index (χ4n) is 0.218. The van der Waals surface area contributed by atoms with Crippen molar-refractivity contribution in [1.82, 2.24) is 5.32 Å². The van der Waals surface area contributed by atoms with Crippen LogP contribution in [0.25, 0.3) is 0 Å². The van der Waals surface area contributed by atoms with Crippen molar-refractivity contribution < 1.29 is 46.9 Å². The zero-order valence-corrected chi connectivity index (χ0v) is 11.6. The standard InChI is InChI=1S/C4H8NOS.2W/c6-4-5-2-1-3-7;;/h7H,1-3H2,(H,5,6);;/q-1;;. The molecule has 0 fully saturated rings. The van der Waals surface area contributed by atoms with Crippen LogP contribution >= 0.6 is 12.6 Å². The van der Waals surface area contributed by atoms with Crippen LogP contribution < -0.4 is 5.32 Å². The molecular weight excluding hydrogens is 478 g/mol. The van der Waals surface area contributed by atoms with E-state index in [0.29, 0.717) is 6.54 Å². The molecule has 0 saturated carbocycles. The largest absolute Gasteiger partial charge is 0.530 e. The van der Waals surface area contributed by atoms with E-state index in [9.17, 15) is 4.79 Å². The zero-order chi connectivity index (χ0) is 5.54. The van der Waals surface area contributed by atoms with Crippen molar-refractivity contribution >= 4 is 19.0 Å². The van der Waals surface area contributed by atoms with Gasteiger partial charge in [0.1, 0.15) is 0 Å². The molecule has 2 nitrogen and oxygen atoms in total. The Kier molecular flexibility index (Phi) is 29.8. The Hall–Kier alpha value is 1.20. The predicted molar refractivity (Wildman–Crippen MR) is 32.2 cm³/mol. The topological polar surface area (TPSA) is 29.1 Å². The van der Waals surface area contributed by atoms with Crippen LogP contribution in [0, 0.1) is 0 Å². The fourth-order valence-corrected chi connectivity index (χ4v) is 0.377. The first-order valence-electron chi connectivity index (χ1n) is 2.12. The van der Waals surface area contributed by atoms with Crippen molar-refractivity contribution in [2.75, 3.05) is 12.3 Å². The molecule has 0 heterocycles. The SMILES string of the molecule is O=[C-]NCCCS.[W].[W]. The van der Waals surface area contributed by atoms with Gasteiger partial charge in [-0.15, -0.1) is 0 Å². The van der Waals surface area contributed by atoms with Gasteiger partial charge in [-0.25, -0.2) is 0 Å². The monoisotopic (exact) mass is 486 g/mol. The summed E-state index contributed by atoms with van der Waals surface area (Å²) in [6, 6.07) is 0. The van der Waals surface area contributed by atoms with Gasteiger partial charge in [0.15, 0.2) is 0 Å². The minimum atomic E-state index is 0. The molecule has 0 rings (SSSR count). The van der Waals surface area contributed by atoms with Gasteiger partial charge in [0.05, 0.1) is 0 Å². The third kappa shape index (κ3) is 17.6. The molecule has 0 aromatic heterocycles. The van der Waals surface area contributed by atoms with Crippen molar-refractivity contribution in [3.05, 3.63) is 0 Å². The smallest absolute Gasteiger partial charge is 0 e. The quantitative estimate of drug-likeness (QED) is 0.249. The number of hydrogen-bond acceptors (Lipinski definition) is 2. The third-order valence-corrected chi connectivity index (χ3v) is 0.848. The van der Waals surface area contributed by atoms with Crippen molar-refractivity contribution in [3.8, 4) is 0 Å². The van der Waals surface area contributed by atoms with Crippen LogP contribution in [0.4, 0.5) is 0 Å². The van der Waals surface area contributed by atoms with Gasteiger partial charge in [0, 0.05) is 42.1 Å². The van der Waals surface area contributed by atoms with Gasteiger partial charge in [0.25, 0.3) is 0 Å². The van der Waals surface area contributed by atoms with E-state index in [1.165, 1.54) is 0 Å². The summed E-state index contributed by atoms with van der Waals surface area (Å²) < 4.78 is 0. The molecular formula is C4H8NOSW2-. The molecule has 1 N–H and O–H groups in total.